The van der Waals surface area contributed by atoms with E-state index in [9.17, 15) is 18.0 Å². The summed E-state index contributed by atoms with van der Waals surface area (Å²) in [7, 11) is 1.68. The minimum atomic E-state index is -4.47. The molecule has 0 atom stereocenters. The second kappa shape index (κ2) is 5.36. The lowest BCUT2D eigenvalue weighted by Gasteiger charge is -2.11. The zero-order valence-corrected chi connectivity index (χ0v) is 10.6. The molecule has 2 heterocycles. The van der Waals surface area contributed by atoms with E-state index in [-0.39, 0.29) is 6.54 Å². The summed E-state index contributed by atoms with van der Waals surface area (Å²) in [5, 5.41) is 2.82. The summed E-state index contributed by atoms with van der Waals surface area (Å²) < 4.78 is 38.9. The van der Waals surface area contributed by atoms with E-state index in [0.717, 1.165) is 22.9 Å². The van der Waals surface area contributed by atoms with Gasteiger partial charge < -0.3 is 9.88 Å². The average molecular weight is 283 g/mol. The highest BCUT2D eigenvalue weighted by molar-refractivity contribution is 5.36. The molecular weight excluding hydrogens is 271 g/mol. The smallest absolute Gasteiger partial charge is 0.373 e. The highest BCUT2D eigenvalue weighted by Gasteiger charge is 2.31. The van der Waals surface area contributed by atoms with Gasteiger partial charge in [-0.05, 0) is 23.8 Å². The molecule has 20 heavy (non-hydrogen) atoms. The van der Waals surface area contributed by atoms with Crippen LogP contribution in [0.15, 0.2) is 41.5 Å². The van der Waals surface area contributed by atoms with Crippen LogP contribution in [0, 0.1) is 0 Å². The van der Waals surface area contributed by atoms with Gasteiger partial charge in [0.2, 0.25) is 0 Å². The molecule has 1 N–H and O–H groups in total. The van der Waals surface area contributed by atoms with Crippen molar-refractivity contribution in [2.24, 2.45) is 0 Å². The second-order valence-electron chi connectivity index (χ2n) is 4.18. The maximum Gasteiger partial charge on any atom is 0.417 e. The van der Waals surface area contributed by atoms with Crippen LogP contribution in [0.25, 0.3) is 0 Å². The highest BCUT2D eigenvalue weighted by atomic mass is 19.4. The van der Waals surface area contributed by atoms with Gasteiger partial charge in [-0.3, -0.25) is 4.79 Å². The van der Waals surface area contributed by atoms with Crippen LogP contribution in [0.4, 0.5) is 19.0 Å². The average Bonchev–Trinajstić information content (AvgIpc) is 2.40. The number of nitrogens with one attached hydrogen (secondary N) is 1. The van der Waals surface area contributed by atoms with E-state index in [1.807, 2.05) is 0 Å². The van der Waals surface area contributed by atoms with Crippen LogP contribution in [0.2, 0.25) is 0 Å². The Hall–Kier alpha value is -2.31. The van der Waals surface area contributed by atoms with Gasteiger partial charge in [-0.1, -0.05) is 0 Å². The van der Waals surface area contributed by atoms with Gasteiger partial charge in [-0.25, -0.2) is 4.98 Å². The highest BCUT2D eigenvalue weighted by Crippen LogP contribution is 2.28. The van der Waals surface area contributed by atoms with E-state index in [1.54, 1.807) is 19.2 Å². The molecule has 0 unspecified atom stereocenters. The molecular formula is C13H12F3N3O. The summed E-state index contributed by atoms with van der Waals surface area (Å²) in [4.78, 5) is 15.6. The quantitative estimate of drug-likeness (QED) is 0.940. The predicted molar refractivity (Wildman–Crippen MR) is 68.6 cm³/mol. The van der Waals surface area contributed by atoms with E-state index in [0.29, 0.717) is 11.4 Å². The molecule has 0 bridgehead atoms. The SMILES string of the molecule is CNc1cc(Cn2cc(C(F)(F)F)ccc2=O)ccn1. The van der Waals surface area contributed by atoms with Crippen LogP contribution in [-0.2, 0) is 12.7 Å². The summed E-state index contributed by atoms with van der Waals surface area (Å²) in [6.07, 6.45) is -2.12. The number of hydrogen-bond acceptors (Lipinski definition) is 3. The van der Waals surface area contributed by atoms with Crippen molar-refractivity contribution < 1.29 is 13.2 Å². The van der Waals surface area contributed by atoms with Gasteiger partial charge in [-0.15, -0.1) is 0 Å². The molecule has 0 radical (unpaired) electrons. The predicted octanol–water partition coefficient (Wildman–Crippen LogP) is 2.35. The topological polar surface area (TPSA) is 46.9 Å². The Morgan fingerprint density at radius 1 is 1.30 bits per heavy atom. The van der Waals surface area contributed by atoms with Gasteiger partial charge in [0.25, 0.3) is 5.56 Å². The van der Waals surface area contributed by atoms with Gasteiger partial charge in [0.05, 0.1) is 12.1 Å². The van der Waals surface area contributed by atoms with Crippen molar-refractivity contribution in [3.8, 4) is 0 Å². The second-order valence-corrected chi connectivity index (χ2v) is 4.18. The van der Waals surface area contributed by atoms with Gasteiger partial charge in [0.1, 0.15) is 5.82 Å². The first-order chi connectivity index (χ1) is 9.40. The van der Waals surface area contributed by atoms with E-state index in [1.165, 1.54) is 6.20 Å². The summed E-state index contributed by atoms with van der Waals surface area (Å²) in [6, 6.07) is 5.02. The standard InChI is InChI=1S/C13H12F3N3O/c1-17-11-6-9(4-5-18-11)7-19-8-10(13(14,15)16)2-3-12(19)20/h2-6,8H,7H2,1H3,(H,17,18). The Bertz CT molecular complexity index is 664. The minimum absolute atomic E-state index is 0.0555. The molecule has 0 aromatic carbocycles. The van der Waals surface area contributed by atoms with Crippen molar-refractivity contribution in [3.05, 3.63) is 58.1 Å². The van der Waals surface area contributed by atoms with Gasteiger partial charge >= 0.3 is 6.18 Å². The zero-order valence-electron chi connectivity index (χ0n) is 10.6. The third kappa shape index (κ3) is 3.17. The maximum absolute atomic E-state index is 12.6. The normalized spacial score (nSPS) is 11.4. The number of pyridine rings is 2. The van der Waals surface area contributed by atoms with Crippen LogP contribution in [0.5, 0.6) is 0 Å². The molecule has 0 saturated carbocycles. The van der Waals surface area contributed by atoms with Crippen LogP contribution in [-0.4, -0.2) is 16.6 Å². The van der Waals surface area contributed by atoms with Crippen molar-refractivity contribution in [2.45, 2.75) is 12.7 Å². The number of hydrogen-bond donors (Lipinski definition) is 1. The van der Waals surface area contributed by atoms with Crippen molar-refractivity contribution in [3.63, 3.8) is 0 Å². The van der Waals surface area contributed by atoms with E-state index < -0.39 is 17.3 Å². The van der Waals surface area contributed by atoms with Crippen molar-refractivity contribution in [1.29, 1.82) is 0 Å². The molecule has 0 spiro atoms. The van der Waals surface area contributed by atoms with E-state index in [2.05, 4.69) is 10.3 Å². The first-order valence-corrected chi connectivity index (χ1v) is 5.80. The Labute approximate surface area is 112 Å². The Kier molecular flexibility index (Phi) is 3.78. The summed E-state index contributed by atoms with van der Waals surface area (Å²) in [6.45, 7) is 0.0555. The fourth-order valence-corrected chi connectivity index (χ4v) is 1.73. The molecule has 2 rings (SSSR count). The van der Waals surface area contributed by atoms with Crippen LogP contribution < -0.4 is 10.9 Å². The number of alkyl halides is 3. The third-order valence-electron chi connectivity index (χ3n) is 2.74. The van der Waals surface area contributed by atoms with Crippen LogP contribution in [0.1, 0.15) is 11.1 Å². The van der Waals surface area contributed by atoms with Crippen molar-refractivity contribution in [1.82, 2.24) is 9.55 Å². The van der Waals surface area contributed by atoms with Crippen molar-refractivity contribution in [2.75, 3.05) is 12.4 Å². The molecule has 7 heteroatoms. The molecule has 0 fully saturated rings. The van der Waals surface area contributed by atoms with Crippen LogP contribution in [0.3, 0.4) is 0 Å². The number of nitrogens with zero attached hydrogens (tertiary/aromatic N) is 2. The van der Waals surface area contributed by atoms with Crippen LogP contribution >= 0.6 is 0 Å². The first kappa shape index (κ1) is 14.1. The monoisotopic (exact) mass is 283 g/mol. The lowest BCUT2D eigenvalue weighted by Crippen LogP contribution is -2.22. The number of halogens is 3. The van der Waals surface area contributed by atoms with E-state index in [4.69, 9.17) is 0 Å². The fourth-order valence-electron chi connectivity index (χ4n) is 1.73. The Morgan fingerprint density at radius 3 is 2.70 bits per heavy atom. The largest absolute Gasteiger partial charge is 0.417 e. The van der Waals surface area contributed by atoms with Crippen molar-refractivity contribution >= 4 is 5.82 Å². The molecule has 0 aliphatic carbocycles. The summed E-state index contributed by atoms with van der Waals surface area (Å²) in [5.74, 6) is 0.586. The minimum Gasteiger partial charge on any atom is -0.373 e. The number of aromatic nitrogens is 2. The zero-order chi connectivity index (χ0) is 14.8. The molecule has 106 valence electrons. The number of rotatable bonds is 3. The lowest BCUT2D eigenvalue weighted by atomic mass is 10.2. The number of anilines is 1. The summed E-state index contributed by atoms with van der Waals surface area (Å²) >= 11 is 0. The third-order valence-corrected chi connectivity index (χ3v) is 2.74. The van der Waals surface area contributed by atoms with E-state index >= 15 is 0 Å². The fraction of sp³-hybridized carbons (Fsp3) is 0.231. The summed E-state index contributed by atoms with van der Waals surface area (Å²) in [5.41, 5.74) is -0.647. The van der Waals surface area contributed by atoms with Gasteiger partial charge in [-0.2, -0.15) is 13.2 Å². The Balaban J connectivity index is 2.35. The maximum atomic E-state index is 12.6. The molecule has 0 amide bonds. The molecule has 4 nitrogen and oxygen atoms in total. The van der Waals surface area contributed by atoms with Gasteiger partial charge in [0.15, 0.2) is 0 Å². The van der Waals surface area contributed by atoms with Gasteiger partial charge in [0, 0.05) is 25.5 Å². The lowest BCUT2D eigenvalue weighted by molar-refractivity contribution is -0.138. The molecule has 2 aromatic heterocycles. The molecule has 0 aliphatic heterocycles. The molecule has 0 saturated heterocycles. The molecule has 2 aromatic rings. The Morgan fingerprint density at radius 2 is 2.05 bits per heavy atom. The molecule has 0 aliphatic rings. The first-order valence-electron chi connectivity index (χ1n) is 5.80.